The minimum atomic E-state index is -0.716. The fourth-order valence-corrected chi connectivity index (χ4v) is 2.44. The lowest BCUT2D eigenvalue weighted by atomic mass is 10.1. The van der Waals surface area contributed by atoms with E-state index in [1.807, 2.05) is 0 Å². The van der Waals surface area contributed by atoms with Crippen LogP contribution in [0.1, 0.15) is 18.5 Å². The monoisotopic (exact) mass is 411 g/mol. The average molecular weight is 411 g/mol. The standard InChI is InChI=1S/C22H25N3O5/c1-4-30-21(26)18(19-7-5-6-13-23-19)12-14-24-20(22(27)29-3)15-25-16-8-10-17(28-2)11-9-16/h5-15,18,24-25H,4H2,1-3H3/b14-12-,20-15-. The second kappa shape index (κ2) is 11.9. The number of pyridine rings is 1. The van der Waals surface area contributed by atoms with E-state index in [9.17, 15) is 9.59 Å². The minimum absolute atomic E-state index is 0.146. The zero-order chi connectivity index (χ0) is 21.8. The SMILES string of the molecule is CCOC(=O)C(/C=C\N/C(=C\Nc1ccc(OC)cc1)C(=O)OC)c1ccccn1. The number of hydrogen-bond donors (Lipinski definition) is 2. The Morgan fingerprint density at radius 1 is 1.13 bits per heavy atom. The number of methoxy groups -OCH3 is 2. The normalized spacial score (nSPS) is 12.2. The molecule has 0 bridgehead atoms. The number of ether oxygens (including phenoxy) is 3. The molecular weight excluding hydrogens is 386 g/mol. The van der Waals surface area contributed by atoms with Gasteiger partial charge in [0.05, 0.1) is 26.5 Å². The van der Waals surface area contributed by atoms with Gasteiger partial charge in [-0.3, -0.25) is 9.78 Å². The summed E-state index contributed by atoms with van der Waals surface area (Å²) in [5.74, 6) is -1.01. The van der Waals surface area contributed by atoms with Crippen LogP contribution in [0.3, 0.4) is 0 Å². The molecule has 158 valence electrons. The number of esters is 2. The number of benzene rings is 1. The Morgan fingerprint density at radius 3 is 2.50 bits per heavy atom. The summed E-state index contributed by atoms with van der Waals surface area (Å²) in [6.07, 6.45) is 6.12. The van der Waals surface area contributed by atoms with Gasteiger partial charge in [0.2, 0.25) is 0 Å². The first-order valence-corrected chi connectivity index (χ1v) is 9.28. The summed E-state index contributed by atoms with van der Waals surface area (Å²) in [6.45, 7) is 1.99. The summed E-state index contributed by atoms with van der Waals surface area (Å²) in [4.78, 5) is 28.6. The molecular formula is C22H25N3O5. The highest BCUT2D eigenvalue weighted by Crippen LogP contribution is 2.17. The third kappa shape index (κ3) is 6.66. The molecule has 30 heavy (non-hydrogen) atoms. The van der Waals surface area contributed by atoms with Crippen molar-refractivity contribution in [1.82, 2.24) is 10.3 Å². The van der Waals surface area contributed by atoms with Gasteiger partial charge in [0, 0.05) is 18.1 Å². The number of nitrogens with zero attached hydrogens (tertiary/aromatic N) is 1. The van der Waals surface area contributed by atoms with Crippen molar-refractivity contribution in [2.75, 3.05) is 26.1 Å². The smallest absolute Gasteiger partial charge is 0.355 e. The van der Waals surface area contributed by atoms with Crippen LogP contribution in [0, 0.1) is 0 Å². The lowest BCUT2D eigenvalue weighted by molar-refractivity contribution is -0.143. The van der Waals surface area contributed by atoms with Gasteiger partial charge in [-0.2, -0.15) is 0 Å². The zero-order valence-corrected chi connectivity index (χ0v) is 17.1. The molecule has 1 aromatic carbocycles. The summed E-state index contributed by atoms with van der Waals surface area (Å²) in [5, 5.41) is 5.85. The second-order valence-electron chi connectivity index (χ2n) is 5.91. The highest BCUT2D eigenvalue weighted by atomic mass is 16.5. The van der Waals surface area contributed by atoms with Crippen LogP contribution in [0.25, 0.3) is 0 Å². The summed E-state index contributed by atoms with van der Waals surface area (Å²) < 4.78 is 15.0. The van der Waals surface area contributed by atoms with Crippen LogP contribution < -0.4 is 15.4 Å². The molecule has 0 aliphatic heterocycles. The van der Waals surface area contributed by atoms with Gasteiger partial charge in [-0.05, 0) is 55.6 Å². The molecule has 1 heterocycles. The molecule has 0 amide bonds. The van der Waals surface area contributed by atoms with E-state index in [0.717, 1.165) is 11.4 Å². The number of aromatic nitrogens is 1. The molecule has 0 spiro atoms. The minimum Gasteiger partial charge on any atom is -0.497 e. The highest BCUT2D eigenvalue weighted by Gasteiger charge is 2.20. The first-order valence-electron chi connectivity index (χ1n) is 9.28. The fourth-order valence-electron chi connectivity index (χ4n) is 2.44. The van der Waals surface area contributed by atoms with Gasteiger partial charge >= 0.3 is 11.9 Å². The summed E-state index contributed by atoms with van der Waals surface area (Å²) >= 11 is 0. The Labute approximate surface area is 175 Å². The van der Waals surface area contributed by atoms with Gasteiger partial charge in [0.15, 0.2) is 0 Å². The molecule has 1 aromatic heterocycles. The quantitative estimate of drug-likeness (QED) is 0.455. The Balaban J connectivity index is 2.14. The van der Waals surface area contributed by atoms with E-state index in [0.29, 0.717) is 5.69 Å². The maximum absolute atomic E-state index is 12.3. The topological polar surface area (TPSA) is 98.8 Å². The van der Waals surface area contributed by atoms with Crippen LogP contribution in [-0.4, -0.2) is 37.7 Å². The molecule has 1 atom stereocenters. The summed E-state index contributed by atoms with van der Waals surface area (Å²) in [5.41, 5.74) is 1.43. The fraction of sp³-hybridized carbons (Fsp3) is 0.227. The van der Waals surface area contributed by atoms with Crippen LogP contribution in [0.5, 0.6) is 5.75 Å². The molecule has 0 aliphatic carbocycles. The molecule has 0 saturated carbocycles. The van der Waals surface area contributed by atoms with Crippen molar-refractivity contribution in [3.63, 3.8) is 0 Å². The first kappa shape index (κ1) is 22.5. The molecule has 8 nitrogen and oxygen atoms in total. The van der Waals surface area contributed by atoms with Crippen molar-refractivity contribution in [1.29, 1.82) is 0 Å². The third-order valence-electron chi connectivity index (χ3n) is 3.95. The predicted octanol–water partition coefficient (Wildman–Crippen LogP) is 2.97. The van der Waals surface area contributed by atoms with E-state index in [1.165, 1.54) is 19.5 Å². The number of nitrogens with one attached hydrogen (secondary N) is 2. The van der Waals surface area contributed by atoms with Crippen molar-refractivity contribution in [3.05, 3.63) is 78.5 Å². The number of anilines is 1. The summed E-state index contributed by atoms with van der Waals surface area (Å²) in [6, 6.07) is 12.5. The number of carbonyl (C=O) groups is 2. The molecule has 8 heteroatoms. The molecule has 0 aliphatic rings. The van der Waals surface area contributed by atoms with E-state index in [2.05, 4.69) is 15.6 Å². The van der Waals surface area contributed by atoms with Crippen LogP contribution in [0.2, 0.25) is 0 Å². The van der Waals surface area contributed by atoms with E-state index >= 15 is 0 Å². The van der Waals surface area contributed by atoms with Crippen molar-refractivity contribution >= 4 is 17.6 Å². The van der Waals surface area contributed by atoms with Gasteiger partial charge in [0.25, 0.3) is 0 Å². The first-order chi connectivity index (χ1) is 14.6. The van der Waals surface area contributed by atoms with E-state index in [1.54, 1.807) is 68.8 Å². The van der Waals surface area contributed by atoms with E-state index in [-0.39, 0.29) is 12.3 Å². The molecule has 2 rings (SSSR count). The number of hydrogen-bond acceptors (Lipinski definition) is 8. The summed E-state index contributed by atoms with van der Waals surface area (Å²) in [7, 11) is 2.87. The molecule has 0 fully saturated rings. The van der Waals surface area contributed by atoms with Gasteiger partial charge in [-0.15, -0.1) is 0 Å². The van der Waals surface area contributed by atoms with Crippen LogP contribution >= 0.6 is 0 Å². The lowest BCUT2D eigenvalue weighted by Gasteiger charge is -2.12. The lowest BCUT2D eigenvalue weighted by Crippen LogP contribution is -2.20. The second-order valence-corrected chi connectivity index (χ2v) is 5.91. The van der Waals surface area contributed by atoms with Crippen molar-refractivity contribution < 1.29 is 23.8 Å². The maximum atomic E-state index is 12.3. The van der Waals surface area contributed by atoms with Crippen molar-refractivity contribution in [2.24, 2.45) is 0 Å². The number of rotatable bonds is 10. The zero-order valence-electron chi connectivity index (χ0n) is 17.1. The Morgan fingerprint density at radius 2 is 1.90 bits per heavy atom. The molecule has 1 unspecified atom stereocenters. The average Bonchev–Trinajstić information content (AvgIpc) is 2.79. The van der Waals surface area contributed by atoms with Crippen LogP contribution in [0.15, 0.2) is 72.8 Å². The molecule has 0 radical (unpaired) electrons. The molecule has 0 saturated heterocycles. The number of carbonyl (C=O) groups excluding carboxylic acids is 2. The Kier molecular flexibility index (Phi) is 8.92. The van der Waals surface area contributed by atoms with E-state index in [4.69, 9.17) is 14.2 Å². The van der Waals surface area contributed by atoms with Crippen LogP contribution in [-0.2, 0) is 19.1 Å². The van der Waals surface area contributed by atoms with Gasteiger partial charge in [0.1, 0.15) is 17.4 Å². The van der Waals surface area contributed by atoms with E-state index < -0.39 is 17.9 Å². The van der Waals surface area contributed by atoms with Gasteiger partial charge < -0.3 is 24.8 Å². The molecule has 2 aromatic rings. The van der Waals surface area contributed by atoms with Crippen molar-refractivity contribution in [2.45, 2.75) is 12.8 Å². The maximum Gasteiger partial charge on any atom is 0.355 e. The Hall–Kier alpha value is -3.81. The van der Waals surface area contributed by atoms with Crippen LogP contribution in [0.4, 0.5) is 5.69 Å². The Bertz CT molecular complexity index is 879. The van der Waals surface area contributed by atoms with Gasteiger partial charge in [-0.25, -0.2) is 4.79 Å². The van der Waals surface area contributed by atoms with Gasteiger partial charge in [-0.1, -0.05) is 6.07 Å². The highest BCUT2D eigenvalue weighted by molar-refractivity contribution is 5.88. The third-order valence-corrected chi connectivity index (χ3v) is 3.95. The predicted molar refractivity (Wildman–Crippen MR) is 113 cm³/mol. The molecule has 2 N–H and O–H groups in total. The largest absolute Gasteiger partial charge is 0.497 e. The van der Waals surface area contributed by atoms with Crippen molar-refractivity contribution in [3.8, 4) is 5.75 Å².